The lowest BCUT2D eigenvalue weighted by atomic mass is 10.2. The molecule has 0 aliphatic carbocycles. The SMILES string of the molecule is Cc1ccc(S(=O)(=O)NCc2ccccc2)c(Br)c1. The molecule has 0 heterocycles. The Hall–Kier alpha value is -1.17. The van der Waals surface area contributed by atoms with Crippen LogP contribution in [0.2, 0.25) is 0 Å². The van der Waals surface area contributed by atoms with Crippen LogP contribution in [0.25, 0.3) is 0 Å². The van der Waals surface area contributed by atoms with Gasteiger partial charge >= 0.3 is 0 Å². The molecular weight excluding hydrogens is 326 g/mol. The highest BCUT2D eigenvalue weighted by Gasteiger charge is 2.16. The predicted octanol–water partition coefficient (Wildman–Crippen LogP) is 3.24. The van der Waals surface area contributed by atoms with Gasteiger partial charge in [-0.2, -0.15) is 0 Å². The van der Waals surface area contributed by atoms with Crippen molar-refractivity contribution < 1.29 is 8.42 Å². The van der Waals surface area contributed by atoms with E-state index < -0.39 is 10.0 Å². The number of aryl methyl sites for hydroxylation is 1. The molecule has 0 saturated carbocycles. The van der Waals surface area contributed by atoms with Crippen molar-refractivity contribution in [2.24, 2.45) is 0 Å². The fourth-order valence-corrected chi connectivity index (χ4v) is 3.88. The summed E-state index contributed by atoms with van der Waals surface area (Å²) in [6, 6.07) is 14.6. The van der Waals surface area contributed by atoms with E-state index in [0.717, 1.165) is 11.1 Å². The van der Waals surface area contributed by atoms with Crippen LogP contribution in [0.4, 0.5) is 0 Å². The van der Waals surface area contributed by atoms with Gasteiger partial charge in [0.1, 0.15) is 0 Å². The van der Waals surface area contributed by atoms with Crippen LogP contribution in [0.15, 0.2) is 57.9 Å². The van der Waals surface area contributed by atoms with Crippen molar-refractivity contribution >= 4 is 26.0 Å². The molecule has 3 nitrogen and oxygen atoms in total. The summed E-state index contributed by atoms with van der Waals surface area (Å²) in [5.41, 5.74) is 1.93. The van der Waals surface area contributed by atoms with Crippen LogP contribution in [0.1, 0.15) is 11.1 Å². The molecule has 0 aromatic heterocycles. The van der Waals surface area contributed by atoms with E-state index in [9.17, 15) is 8.42 Å². The fraction of sp³-hybridized carbons (Fsp3) is 0.143. The van der Waals surface area contributed by atoms with Gasteiger partial charge in [0.2, 0.25) is 10.0 Å². The lowest BCUT2D eigenvalue weighted by Gasteiger charge is -2.09. The van der Waals surface area contributed by atoms with Gasteiger partial charge in [0, 0.05) is 11.0 Å². The van der Waals surface area contributed by atoms with Crippen molar-refractivity contribution in [3.8, 4) is 0 Å². The highest BCUT2D eigenvalue weighted by atomic mass is 79.9. The molecule has 0 bridgehead atoms. The Morgan fingerprint density at radius 3 is 2.42 bits per heavy atom. The topological polar surface area (TPSA) is 46.2 Å². The Morgan fingerprint density at radius 1 is 1.11 bits per heavy atom. The molecule has 0 aliphatic rings. The quantitative estimate of drug-likeness (QED) is 0.929. The molecule has 0 unspecified atom stereocenters. The number of rotatable bonds is 4. The molecule has 2 rings (SSSR count). The Morgan fingerprint density at radius 2 is 1.79 bits per heavy atom. The van der Waals surface area contributed by atoms with E-state index in [2.05, 4.69) is 20.7 Å². The molecule has 2 aromatic carbocycles. The molecule has 100 valence electrons. The van der Waals surface area contributed by atoms with Crippen molar-refractivity contribution in [3.63, 3.8) is 0 Å². The molecule has 0 spiro atoms. The summed E-state index contributed by atoms with van der Waals surface area (Å²) in [5.74, 6) is 0. The van der Waals surface area contributed by atoms with E-state index in [0.29, 0.717) is 4.47 Å². The average Bonchev–Trinajstić information content (AvgIpc) is 2.37. The zero-order valence-corrected chi connectivity index (χ0v) is 12.8. The van der Waals surface area contributed by atoms with Crippen LogP contribution in [0.3, 0.4) is 0 Å². The summed E-state index contributed by atoms with van der Waals surface area (Å²) in [7, 11) is -3.50. The number of hydrogen-bond donors (Lipinski definition) is 1. The molecule has 0 atom stereocenters. The first-order valence-electron chi connectivity index (χ1n) is 5.79. The Kier molecular flexibility index (Phi) is 4.39. The van der Waals surface area contributed by atoms with Gasteiger partial charge in [-0.25, -0.2) is 13.1 Å². The van der Waals surface area contributed by atoms with Crippen molar-refractivity contribution in [2.75, 3.05) is 0 Å². The summed E-state index contributed by atoms with van der Waals surface area (Å²) < 4.78 is 27.6. The first-order chi connectivity index (χ1) is 8.99. The molecule has 2 aromatic rings. The standard InChI is InChI=1S/C14H14BrNO2S/c1-11-7-8-14(13(15)9-11)19(17,18)16-10-12-5-3-2-4-6-12/h2-9,16H,10H2,1H3. The molecule has 0 aliphatic heterocycles. The maximum atomic E-state index is 12.2. The first-order valence-corrected chi connectivity index (χ1v) is 8.06. The summed E-state index contributed by atoms with van der Waals surface area (Å²) in [6.45, 7) is 2.20. The maximum Gasteiger partial charge on any atom is 0.241 e. The Bertz CT molecular complexity index is 669. The molecule has 1 N–H and O–H groups in total. The molecular formula is C14H14BrNO2S. The largest absolute Gasteiger partial charge is 0.241 e. The van der Waals surface area contributed by atoms with Crippen LogP contribution in [0.5, 0.6) is 0 Å². The van der Waals surface area contributed by atoms with Gasteiger partial charge < -0.3 is 0 Å². The van der Waals surface area contributed by atoms with Gasteiger partial charge in [-0.15, -0.1) is 0 Å². The van der Waals surface area contributed by atoms with Gasteiger partial charge in [0.25, 0.3) is 0 Å². The highest BCUT2D eigenvalue weighted by molar-refractivity contribution is 9.10. The lowest BCUT2D eigenvalue weighted by Crippen LogP contribution is -2.23. The minimum Gasteiger partial charge on any atom is -0.207 e. The fourth-order valence-electron chi connectivity index (χ4n) is 1.68. The van der Waals surface area contributed by atoms with Gasteiger partial charge in [0.05, 0.1) is 4.90 Å². The maximum absolute atomic E-state index is 12.2. The summed E-state index contributed by atoms with van der Waals surface area (Å²) in [4.78, 5) is 0.258. The zero-order chi connectivity index (χ0) is 13.9. The summed E-state index contributed by atoms with van der Waals surface area (Å²) in [6.07, 6.45) is 0. The van der Waals surface area contributed by atoms with Gasteiger partial charge in [-0.1, -0.05) is 36.4 Å². The third kappa shape index (κ3) is 3.65. The second kappa shape index (κ2) is 5.86. The highest BCUT2D eigenvalue weighted by Crippen LogP contribution is 2.23. The molecule has 5 heteroatoms. The molecule has 0 amide bonds. The number of benzene rings is 2. The van der Waals surface area contributed by atoms with Crippen LogP contribution >= 0.6 is 15.9 Å². The number of hydrogen-bond acceptors (Lipinski definition) is 2. The number of nitrogens with one attached hydrogen (secondary N) is 1. The Labute approximate surface area is 121 Å². The smallest absolute Gasteiger partial charge is 0.207 e. The summed E-state index contributed by atoms with van der Waals surface area (Å²) in [5, 5.41) is 0. The van der Waals surface area contributed by atoms with E-state index in [1.807, 2.05) is 37.3 Å². The van der Waals surface area contributed by atoms with Crippen molar-refractivity contribution in [1.82, 2.24) is 4.72 Å². The first kappa shape index (κ1) is 14.2. The average molecular weight is 340 g/mol. The van der Waals surface area contributed by atoms with Gasteiger partial charge in [-0.3, -0.25) is 0 Å². The molecule has 0 saturated heterocycles. The van der Waals surface area contributed by atoms with Crippen molar-refractivity contribution in [2.45, 2.75) is 18.4 Å². The lowest BCUT2D eigenvalue weighted by molar-refractivity contribution is 0.581. The van der Waals surface area contributed by atoms with E-state index in [1.165, 1.54) is 0 Å². The summed E-state index contributed by atoms with van der Waals surface area (Å²) >= 11 is 3.29. The van der Waals surface area contributed by atoms with Crippen LogP contribution in [0, 0.1) is 6.92 Å². The van der Waals surface area contributed by atoms with E-state index >= 15 is 0 Å². The minimum absolute atomic E-state index is 0.258. The molecule has 0 fully saturated rings. The third-order valence-electron chi connectivity index (χ3n) is 2.69. The van der Waals surface area contributed by atoms with E-state index in [4.69, 9.17) is 0 Å². The van der Waals surface area contributed by atoms with Gasteiger partial charge in [-0.05, 0) is 46.1 Å². The van der Waals surface area contributed by atoms with Crippen molar-refractivity contribution in [3.05, 3.63) is 64.1 Å². The molecule has 0 radical (unpaired) electrons. The Balaban J connectivity index is 2.19. The normalized spacial score (nSPS) is 11.5. The zero-order valence-electron chi connectivity index (χ0n) is 10.4. The second-order valence-corrected chi connectivity index (χ2v) is 6.83. The van der Waals surface area contributed by atoms with Gasteiger partial charge in [0.15, 0.2) is 0 Å². The number of halogens is 1. The third-order valence-corrected chi connectivity index (χ3v) is 5.06. The van der Waals surface area contributed by atoms with Crippen molar-refractivity contribution in [1.29, 1.82) is 0 Å². The van der Waals surface area contributed by atoms with Crippen LogP contribution in [-0.4, -0.2) is 8.42 Å². The van der Waals surface area contributed by atoms with Crippen LogP contribution < -0.4 is 4.72 Å². The van der Waals surface area contributed by atoms with Crippen LogP contribution in [-0.2, 0) is 16.6 Å². The predicted molar refractivity (Wildman–Crippen MR) is 79.3 cm³/mol. The number of sulfonamides is 1. The second-order valence-electron chi connectivity index (χ2n) is 4.24. The van der Waals surface area contributed by atoms with E-state index in [-0.39, 0.29) is 11.4 Å². The minimum atomic E-state index is -3.50. The molecule has 19 heavy (non-hydrogen) atoms. The monoisotopic (exact) mass is 339 g/mol. The van der Waals surface area contributed by atoms with E-state index in [1.54, 1.807) is 18.2 Å².